The molecular formula is C24H23FN4O3. The predicted octanol–water partition coefficient (Wildman–Crippen LogP) is 4.59. The SMILES string of the molecule is Cc1nc(N[C@H](C)c2cccc3c(F)coc23)c2cc3c(cc2n1)OCC1COCCN31. The first kappa shape index (κ1) is 19.3. The number of rotatable bonds is 3. The van der Waals surface area contributed by atoms with Gasteiger partial charge in [-0.1, -0.05) is 12.1 Å². The van der Waals surface area contributed by atoms with Gasteiger partial charge in [-0.2, -0.15) is 0 Å². The molecule has 4 aromatic rings. The van der Waals surface area contributed by atoms with Gasteiger partial charge in [-0.05, 0) is 26.0 Å². The van der Waals surface area contributed by atoms with Gasteiger partial charge in [-0.25, -0.2) is 14.4 Å². The molecule has 2 atom stereocenters. The highest BCUT2D eigenvalue weighted by molar-refractivity contribution is 5.94. The minimum atomic E-state index is -0.357. The van der Waals surface area contributed by atoms with Gasteiger partial charge in [0.25, 0.3) is 0 Å². The summed E-state index contributed by atoms with van der Waals surface area (Å²) in [6, 6.07) is 9.64. The van der Waals surface area contributed by atoms with Crippen LogP contribution in [0.1, 0.15) is 24.4 Å². The normalized spacial score (nSPS) is 18.8. The number of hydrogen-bond donors (Lipinski definition) is 1. The number of para-hydroxylation sites is 1. The van der Waals surface area contributed by atoms with Crippen LogP contribution in [0.3, 0.4) is 0 Å². The summed E-state index contributed by atoms with van der Waals surface area (Å²) in [5.41, 5.74) is 3.27. The molecule has 8 heteroatoms. The average Bonchev–Trinajstić information content (AvgIpc) is 3.18. The molecule has 0 spiro atoms. The number of morpholine rings is 1. The number of aryl methyl sites for hydroxylation is 1. The van der Waals surface area contributed by atoms with Crippen LogP contribution >= 0.6 is 0 Å². The van der Waals surface area contributed by atoms with E-state index in [0.717, 1.165) is 46.5 Å². The number of hydrogen-bond acceptors (Lipinski definition) is 7. The van der Waals surface area contributed by atoms with E-state index >= 15 is 0 Å². The second-order valence-corrected chi connectivity index (χ2v) is 8.36. The van der Waals surface area contributed by atoms with E-state index in [2.05, 4.69) is 21.3 Å². The van der Waals surface area contributed by atoms with Crippen molar-refractivity contribution in [1.82, 2.24) is 9.97 Å². The third kappa shape index (κ3) is 3.05. The van der Waals surface area contributed by atoms with E-state index in [1.165, 1.54) is 0 Å². The van der Waals surface area contributed by atoms with E-state index in [4.69, 9.17) is 18.9 Å². The lowest BCUT2D eigenvalue weighted by Crippen LogP contribution is -2.51. The van der Waals surface area contributed by atoms with Gasteiger partial charge in [0.2, 0.25) is 0 Å². The Labute approximate surface area is 184 Å². The molecule has 0 radical (unpaired) electrons. The van der Waals surface area contributed by atoms with Crippen molar-refractivity contribution >= 4 is 33.4 Å². The molecule has 4 heterocycles. The fraction of sp³-hybridized carbons (Fsp3) is 0.333. The Hall–Kier alpha value is -3.39. The summed E-state index contributed by atoms with van der Waals surface area (Å²) >= 11 is 0. The van der Waals surface area contributed by atoms with E-state index in [1.54, 1.807) is 6.07 Å². The number of halogens is 1. The minimum absolute atomic E-state index is 0.162. The van der Waals surface area contributed by atoms with Crippen LogP contribution in [0.2, 0.25) is 0 Å². The lowest BCUT2D eigenvalue weighted by atomic mass is 10.0. The first-order valence-electron chi connectivity index (χ1n) is 10.8. The molecule has 7 nitrogen and oxygen atoms in total. The third-order valence-corrected chi connectivity index (χ3v) is 6.26. The van der Waals surface area contributed by atoms with Crippen LogP contribution in [-0.4, -0.2) is 42.4 Å². The molecule has 164 valence electrons. The number of benzene rings is 2. The van der Waals surface area contributed by atoms with Gasteiger partial charge in [-0.3, -0.25) is 0 Å². The zero-order valence-electron chi connectivity index (χ0n) is 17.9. The minimum Gasteiger partial charge on any atom is -0.489 e. The Morgan fingerprint density at radius 2 is 2.09 bits per heavy atom. The third-order valence-electron chi connectivity index (χ3n) is 6.26. The lowest BCUT2D eigenvalue weighted by molar-refractivity contribution is 0.0706. The standard InChI is InChI=1S/C24H23FN4O3/c1-13(16-4-3-5-17-19(25)12-32-23(16)17)26-24-18-8-21-22(9-20(18)27-14(2)28-24)31-11-15-10-30-7-6-29(15)21/h3-5,8-9,12-13,15H,6-7,10-11H2,1-2H3,(H,26,27,28)/t13-,15?/m1/s1. The van der Waals surface area contributed by atoms with Crippen molar-refractivity contribution in [2.24, 2.45) is 0 Å². The summed E-state index contributed by atoms with van der Waals surface area (Å²) in [4.78, 5) is 11.7. The number of anilines is 2. The maximum atomic E-state index is 14.0. The maximum Gasteiger partial charge on any atom is 0.169 e. The Morgan fingerprint density at radius 3 is 3.00 bits per heavy atom. The van der Waals surface area contributed by atoms with Gasteiger partial charge in [0.1, 0.15) is 35.8 Å². The van der Waals surface area contributed by atoms with Gasteiger partial charge in [-0.15, -0.1) is 0 Å². The van der Waals surface area contributed by atoms with Crippen molar-refractivity contribution in [1.29, 1.82) is 0 Å². The van der Waals surface area contributed by atoms with E-state index in [9.17, 15) is 4.39 Å². The molecule has 6 rings (SSSR count). The van der Waals surface area contributed by atoms with E-state index in [1.807, 2.05) is 32.0 Å². The van der Waals surface area contributed by atoms with Crippen LogP contribution in [-0.2, 0) is 4.74 Å². The average molecular weight is 434 g/mol. The molecular weight excluding hydrogens is 411 g/mol. The Balaban J connectivity index is 1.43. The Morgan fingerprint density at radius 1 is 1.19 bits per heavy atom. The molecule has 0 amide bonds. The maximum absolute atomic E-state index is 14.0. The largest absolute Gasteiger partial charge is 0.489 e. The quantitative estimate of drug-likeness (QED) is 0.505. The fourth-order valence-electron chi connectivity index (χ4n) is 4.68. The fourth-order valence-corrected chi connectivity index (χ4v) is 4.68. The smallest absolute Gasteiger partial charge is 0.169 e. The summed E-state index contributed by atoms with van der Waals surface area (Å²) in [5, 5.41) is 4.89. The number of fused-ring (bicyclic) bond motifs is 5. The van der Waals surface area contributed by atoms with Crippen molar-refractivity contribution in [2.75, 3.05) is 36.6 Å². The summed E-state index contributed by atoms with van der Waals surface area (Å²) in [5.74, 6) is 1.87. The molecule has 1 fully saturated rings. The summed E-state index contributed by atoms with van der Waals surface area (Å²) in [6.45, 7) is 6.67. The molecule has 32 heavy (non-hydrogen) atoms. The Bertz CT molecular complexity index is 1340. The van der Waals surface area contributed by atoms with Crippen molar-refractivity contribution in [3.8, 4) is 5.75 Å². The molecule has 0 bridgehead atoms. The van der Waals surface area contributed by atoms with Gasteiger partial charge in [0.15, 0.2) is 5.82 Å². The van der Waals surface area contributed by atoms with E-state index in [-0.39, 0.29) is 17.9 Å². The first-order valence-corrected chi connectivity index (χ1v) is 10.8. The molecule has 1 N–H and O–H groups in total. The molecule has 0 aliphatic carbocycles. The number of nitrogens with one attached hydrogen (secondary N) is 1. The number of ether oxygens (including phenoxy) is 2. The zero-order chi connectivity index (χ0) is 21.8. The second-order valence-electron chi connectivity index (χ2n) is 8.36. The van der Waals surface area contributed by atoms with Crippen LogP contribution in [0, 0.1) is 12.7 Å². The molecule has 1 saturated heterocycles. The highest BCUT2D eigenvalue weighted by Crippen LogP contribution is 2.40. The van der Waals surface area contributed by atoms with Crippen LogP contribution in [0.4, 0.5) is 15.9 Å². The summed E-state index contributed by atoms with van der Waals surface area (Å²) in [6.07, 6.45) is 1.15. The van der Waals surface area contributed by atoms with Crippen LogP contribution < -0.4 is 15.0 Å². The van der Waals surface area contributed by atoms with Gasteiger partial charge in [0.05, 0.1) is 41.9 Å². The zero-order valence-corrected chi connectivity index (χ0v) is 17.9. The van der Waals surface area contributed by atoms with Gasteiger partial charge < -0.3 is 24.1 Å². The molecule has 2 aliphatic rings. The molecule has 2 aromatic heterocycles. The highest BCUT2D eigenvalue weighted by atomic mass is 19.1. The summed E-state index contributed by atoms with van der Waals surface area (Å²) < 4.78 is 31.2. The molecule has 0 saturated carbocycles. The number of nitrogens with zero attached hydrogens (tertiary/aromatic N) is 3. The second kappa shape index (κ2) is 7.34. The van der Waals surface area contributed by atoms with Gasteiger partial charge >= 0.3 is 0 Å². The van der Waals surface area contributed by atoms with Crippen molar-refractivity contribution in [3.63, 3.8) is 0 Å². The lowest BCUT2D eigenvalue weighted by Gasteiger charge is -2.41. The van der Waals surface area contributed by atoms with E-state index < -0.39 is 0 Å². The Kier molecular flexibility index (Phi) is 4.43. The first-order chi connectivity index (χ1) is 15.6. The number of furan rings is 1. The number of aromatic nitrogens is 2. The topological polar surface area (TPSA) is 72.7 Å². The van der Waals surface area contributed by atoms with Crippen LogP contribution in [0.25, 0.3) is 21.9 Å². The molecule has 2 aliphatic heterocycles. The van der Waals surface area contributed by atoms with Crippen LogP contribution in [0.5, 0.6) is 5.75 Å². The van der Waals surface area contributed by atoms with Gasteiger partial charge in [0, 0.05) is 23.6 Å². The van der Waals surface area contributed by atoms with Crippen molar-refractivity contribution < 1.29 is 18.3 Å². The predicted molar refractivity (Wildman–Crippen MR) is 120 cm³/mol. The highest BCUT2D eigenvalue weighted by Gasteiger charge is 2.31. The monoisotopic (exact) mass is 434 g/mol. The van der Waals surface area contributed by atoms with E-state index in [0.29, 0.717) is 36.6 Å². The molecule has 2 aromatic carbocycles. The molecule has 1 unspecified atom stereocenters. The van der Waals surface area contributed by atoms with Crippen LogP contribution in [0.15, 0.2) is 41.0 Å². The summed E-state index contributed by atoms with van der Waals surface area (Å²) in [7, 11) is 0. The van der Waals surface area contributed by atoms with Crippen molar-refractivity contribution in [2.45, 2.75) is 25.9 Å². The van der Waals surface area contributed by atoms with Crippen molar-refractivity contribution in [3.05, 3.63) is 53.8 Å².